The Balaban J connectivity index is 1.58. The monoisotopic (exact) mass is 425 g/mol. The van der Waals surface area contributed by atoms with Crippen molar-refractivity contribution in [3.05, 3.63) is 54.1 Å². The fourth-order valence-corrected chi connectivity index (χ4v) is 3.76. The van der Waals surface area contributed by atoms with E-state index in [1.807, 2.05) is 31.2 Å². The minimum atomic E-state index is -0.349. The van der Waals surface area contributed by atoms with E-state index < -0.39 is 0 Å². The molecule has 0 saturated heterocycles. The average Bonchev–Trinajstić information content (AvgIpc) is 2.75. The number of hydrogen-bond acceptors (Lipinski definition) is 4. The molecule has 0 aliphatic heterocycles. The van der Waals surface area contributed by atoms with Crippen LogP contribution in [0.1, 0.15) is 49.4 Å². The van der Waals surface area contributed by atoms with Gasteiger partial charge in [-0.2, -0.15) is 0 Å². The molecule has 2 aromatic carbocycles. The molecule has 158 valence electrons. The van der Waals surface area contributed by atoms with E-state index in [0.717, 1.165) is 25.7 Å². The molecule has 0 aromatic heterocycles. The third kappa shape index (κ3) is 6.03. The van der Waals surface area contributed by atoms with Crippen molar-refractivity contribution in [2.45, 2.75) is 39.0 Å². The van der Waals surface area contributed by atoms with Gasteiger partial charge in [0.15, 0.2) is 5.11 Å². The van der Waals surface area contributed by atoms with Crippen LogP contribution < -0.4 is 20.7 Å². The first-order chi connectivity index (χ1) is 14.6. The van der Waals surface area contributed by atoms with Crippen LogP contribution >= 0.6 is 12.2 Å². The van der Waals surface area contributed by atoms with E-state index in [0.29, 0.717) is 29.3 Å². The van der Waals surface area contributed by atoms with Gasteiger partial charge in [-0.1, -0.05) is 37.5 Å². The summed E-state index contributed by atoms with van der Waals surface area (Å²) in [6.07, 6.45) is 5.33. The molecule has 1 aliphatic rings. The maximum atomic E-state index is 12.6. The van der Waals surface area contributed by atoms with E-state index in [9.17, 15) is 9.59 Å². The lowest BCUT2D eigenvalue weighted by atomic mass is 9.88. The molecule has 0 atom stereocenters. The first-order valence-electron chi connectivity index (χ1n) is 10.3. The fraction of sp³-hybridized carbons (Fsp3) is 0.348. The van der Waals surface area contributed by atoms with Gasteiger partial charge >= 0.3 is 0 Å². The summed E-state index contributed by atoms with van der Waals surface area (Å²) in [4.78, 5) is 25.0. The van der Waals surface area contributed by atoms with Gasteiger partial charge in [0.05, 0.1) is 12.2 Å². The summed E-state index contributed by atoms with van der Waals surface area (Å²) in [5.41, 5.74) is 1.79. The fourth-order valence-electron chi connectivity index (χ4n) is 3.55. The first-order valence-corrected chi connectivity index (χ1v) is 10.7. The molecule has 0 unspecified atom stereocenters. The molecule has 1 fully saturated rings. The normalized spacial score (nSPS) is 13.9. The van der Waals surface area contributed by atoms with Crippen molar-refractivity contribution < 1.29 is 14.3 Å². The standard InChI is InChI=1S/C23H27N3O3S/c1-2-29-20-14-7-6-13-19(20)22(28)26-23(30)25-18-12-8-11-17(15-18)24-21(27)16-9-4-3-5-10-16/h6-8,11-16H,2-5,9-10H2,1H3,(H,24,27)(H2,25,26,28,30). The number of benzene rings is 2. The first kappa shape index (κ1) is 21.8. The van der Waals surface area contributed by atoms with Crippen molar-refractivity contribution in [3.8, 4) is 5.75 Å². The lowest BCUT2D eigenvalue weighted by Gasteiger charge is -2.21. The van der Waals surface area contributed by atoms with E-state index in [-0.39, 0.29) is 22.8 Å². The number of amides is 2. The second-order valence-electron chi connectivity index (χ2n) is 7.24. The van der Waals surface area contributed by atoms with Crippen LogP contribution in [0.2, 0.25) is 0 Å². The number of anilines is 2. The number of thiocarbonyl (C=S) groups is 1. The van der Waals surface area contributed by atoms with E-state index in [2.05, 4.69) is 16.0 Å². The topological polar surface area (TPSA) is 79.5 Å². The Kier molecular flexibility index (Phi) is 7.79. The van der Waals surface area contributed by atoms with E-state index in [4.69, 9.17) is 17.0 Å². The van der Waals surface area contributed by atoms with Crippen LogP contribution in [0.25, 0.3) is 0 Å². The van der Waals surface area contributed by atoms with Crippen molar-refractivity contribution in [3.63, 3.8) is 0 Å². The molecule has 0 heterocycles. The average molecular weight is 426 g/mol. The second-order valence-corrected chi connectivity index (χ2v) is 7.65. The highest BCUT2D eigenvalue weighted by molar-refractivity contribution is 7.80. The van der Waals surface area contributed by atoms with E-state index in [1.165, 1.54) is 6.42 Å². The SMILES string of the molecule is CCOc1ccccc1C(=O)NC(=S)Nc1cccc(NC(=O)C2CCCCC2)c1. The van der Waals surface area contributed by atoms with Crippen molar-refractivity contribution in [2.75, 3.05) is 17.2 Å². The summed E-state index contributed by atoms with van der Waals surface area (Å²) < 4.78 is 5.50. The summed E-state index contributed by atoms with van der Waals surface area (Å²) in [6.45, 7) is 2.33. The predicted molar refractivity (Wildman–Crippen MR) is 123 cm³/mol. The smallest absolute Gasteiger partial charge is 0.261 e. The number of ether oxygens (including phenoxy) is 1. The molecular weight excluding hydrogens is 398 g/mol. The van der Waals surface area contributed by atoms with Crippen LogP contribution in [0.5, 0.6) is 5.75 Å². The molecule has 0 bridgehead atoms. The van der Waals surface area contributed by atoms with Crippen LogP contribution in [-0.4, -0.2) is 23.5 Å². The predicted octanol–water partition coefficient (Wildman–Crippen LogP) is 4.73. The Labute approximate surface area is 182 Å². The molecule has 3 rings (SSSR count). The van der Waals surface area contributed by atoms with Gasteiger partial charge in [0.25, 0.3) is 5.91 Å². The van der Waals surface area contributed by atoms with E-state index >= 15 is 0 Å². The van der Waals surface area contributed by atoms with Gasteiger partial charge in [-0.3, -0.25) is 14.9 Å². The zero-order chi connectivity index (χ0) is 21.3. The summed E-state index contributed by atoms with van der Waals surface area (Å²) >= 11 is 5.28. The van der Waals surface area contributed by atoms with Crippen LogP contribution in [0.4, 0.5) is 11.4 Å². The number of hydrogen-bond donors (Lipinski definition) is 3. The van der Waals surface area contributed by atoms with Crippen LogP contribution in [0.3, 0.4) is 0 Å². The number of carbonyl (C=O) groups excluding carboxylic acids is 2. The van der Waals surface area contributed by atoms with Gasteiger partial charge in [-0.15, -0.1) is 0 Å². The number of carbonyl (C=O) groups is 2. The maximum Gasteiger partial charge on any atom is 0.261 e. The molecule has 2 aromatic rings. The number of para-hydroxylation sites is 1. The zero-order valence-electron chi connectivity index (χ0n) is 17.1. The summed E-state index contributed by atoms with van der Waals surface area (Å²) in [5, 5.41) is 8.82. The van der Waals surface area contributed by atoms with Gasteiger partial charge in [-0.25, -0.2) is 0 Å². The molecule has 1 aliphatic carbocycles. The Hall–Kier alpha value is -2.93. The molecule has 3 N–H and O–H groups in total. The number of nitrogens with one attached hydrogen (secondary N) is 3. The molecule has 0 spiro atoms. The lowest BCUT2D eigenvalue weighted by Crippen LogP contribution is -2.34. The van der Waals surface area contributed by atoms with Gasteiger partial charge in [-0.05, 0) is 62.3 Å². The highest BCUT2D eigenvalue weighted by atomic mass is 32.1. The molecule has 2 amide bonds. The summed E-state index contributed by atoms with van der Waals surface area (Å²) in [7, 11) is 0. The Bertz CT molecular complexity index is 910. The highest BCUT2D eigenvalue weighted by Gasteiger charge is 2.21. The molecule has 1 saturated carbocycles. The van der Waals surface area contributed by atoms with Crippen LogP contribution in [0.15, 0.2) is 48.5 Å². The third-order valence-electron chi connectivity index (χ3n) is 5.02. The molecule has 7 heteroatoms. The summed E-state index contributed by atoms with van der Waals surface area (Å²) in [6, 6.07) is 14.3. The van der Waals surface area contributed by atoms with Crippen molar-refractivity contribution in [2.24, 2.45) is 5.92 Å². The Morgan fingerprint density at radius 3 is 2.43 bits per heavy atom. The largest absolute Gasteiger partial charge is 0.493 e. The minimum Gasteiger partial charge on any atom is -0.493 e. The zero-order valence-corrected chi connectivity index (χ0v) is 17.9. The Morgan fingerprint density at radius 1 is 1.00 bits per heavy atom. The van der Waals surface area contributed by atoms with Crippen molar-refractivity contribution >= 4 is 40.5 Å². The van der Waals surface area contributed by atoms with Gasteiger partial charge < -0.3 is 15.4 Å². The van der Waals surface area contributed by atoms with Gasteiger partial charge in [0.2, 0.25) is 5.91 Å². The van der Waals surface area contributed by atoms with Crippen LogP contribution in [0, 0.1) is 5.92 Å². The van der Waals surface area contributed by atoms with E-state index in [1.54, 1.807) is 24.3 Å². The third-order valence-corrected chi connectivity index (χ3v) is 5.23. The van der Waals surface area contributed by atoms with Crippen molar-refractivity contribution in [1.29, 1.82) is 0 Å². The van der Waals surface area contributed by atoms with Crippen LogP contribution in [-0.2, 0) is 4.79 Å². The highest BCUT2D eigenvalue weighted by Crippen LogP contribution is 2.25. The van der Waals surface area contributed by atoms with Gasteiger partial charge in [0, 0.05) is 17.3 Å². The maximum absolute atomic E-state index is 12.6. The molecule has 0 radical (unpaired) electrons. The summed E-state index contributed by atoms with van der Waals surface area (Å²) in [5.74, 6) is 0.308. The minimum absolute atomic E-state index is 0.0651. The molecule has 30 heavy (non-hydrogen) atoms. The number of rotatable bonds is 6. The second kappa shape index (κ2) is 10.7. The van der Waals surface area contributed by atoms with Gasteiger partial charge in [0.1, 0.15) is 5.75 Å². The lowest BCUT2D eigenvalue weighted by molar-refractivity contribution is -0.120. The molecular formula is C23H27N3O3S. The quantitative estimate of drug-likeness (QED) is 0.583. The Morgan fingerprint density at radius 2 is 1.70 bits per heavy atom. The van der Waals surface area contributed by atoms with Crippen molar-refractivity contribution in [1.82, 2.24) is 5.32 Å². The molecule has 6 nitrogen and oxygen atoms in total.